The molecule has 2 amide bonds. The van der Waals surface area contributed by atoms with E-state index in [9.17, 15) is 9.59 Å². The number of ether oxygens (including phenoxy) is 2. The number of carbonyl (C=O) groups excluding carboxylic acids is 2. The van der Waals surface area contributed by atoms with Gasteiger partial charge in [0.15, 0.2) is 6.61 Å². The summed E-state index contributed by atoms with van der Waals surface area (Å²) in [6.07, 6.45) is 1.73. The number of nitrogens with zero attached hydrogens (tertiary/aromatic N) is 1. The Kier molecular flexibility index (Phi) is 6.02. The third kappa shape index (κ3) is 5.28. The molecule has 1 N–H and O–H groups in total. The first-order valence-electron chi connectivity index (χ1n) is 9.77. The molecule has 2 aromatic rings. The molecule has 1 saturated carbocycles. The van der Waals surface area contributed by atoms with Crippen LogP contribution in [-0.4, -0.2) is 43.0 Å². The Bertz CT molecular complexity index is 883. The van der Waals surface area contributed by atoms with Gasteiger partial charge in [-0.2, -0.15) is 0 Å². The van der Waals surface area contributed by atoms with Crippen molar-refractivity contribution in [2.24, 2.45) is 5.92 Å². The number of nitrogens with one attached hydrogen (secondary N) is 1. The molecule has 1 atom stereocenters. The predicted octanol–water partition coefficient (Wildman–Crippen LogP) is 3.67. The molecule has 0 spiro atoms. The maximum Gasteiger partial charge on any atom is 0.260 e. The lowest BCUT2D eigenvalue weighted by Crippen LogP contribution is -2.44. The minimum absolute atomic E-state index is 0.0415. The lowest BCUT2D eigenvalue weighted by molar-refractivity contribution is -0.141. The highest BCUT2D eigenvalue weighted by Gasteiger charge is 2.29. The molecule has 1 aliphatic carbocycles. The molecule has 0 aromatic heterocycles. The topological polar surface area (TPSA) is 67.9 Å². The SMILES string of the molecule is O=C(Nc1cccc(OCC(=O)N2CCOC(c3ccc(Cl)cc3)C2)c1)C1CC1. The molecule has 6 nitrogen and oxygen atoms in total. The first-order valence-corrected chi connectivity index (χ1v) is 10.1. The molecule has 152 valence electrons. The van der Waals surface area contributed by atoms with Crippen molar-refractivity contribution < 1.29 is 19.1 Å². The van der Waals surface area contributed by atoms with E-state index < -0.39 is 0 Å². The van der Waals surface area contributed by atoms with E-state index >= 15 is 0 Å². The van der Waals surface area contributed by atoms with E-state index in [1.54, 1.807) is 23.1 Å². The zero-order chi connectivity index (χ0) is 20.2. The standard InChI is InChI=1S/C22H23ClN2O4/c23-17-8-6-15(7-9-17)20-13-25(10-11-28-20)21(26)14-29-19-3-1-2-18(12-19)24-22(27)16-4-5-16/h1-3,6-9,12,16,20H,4-5,10-11,13-14H2,(H,24,27). The maximum atomic E-state index is 12.6. The summed E-state index contributed by atoms with van der Waals surface area (Å²) in [5.41, 5.74) is 1.67. The number of benzene rings is 2. The van der Waals surface area contributed by atoms with Crippen molar-refractivity contribution in [2.45, 2.75) is 18.9 Å². The molecular weight excluding hydrogens is 392 g/mol. The van der Waals surface area contributed by atoms with Crippen molar-refractivity contribution in [1.29, 1.82) is 0 Å². The first-order chi connectivity index (χ1) is 14.1. The summed E-state index contributed by atoms with van der Waals surface area (Å²) >= 11 is 5.94. The molecule has 0 radical (unpaired) electrons. The average Bonchev–Trinajstić information content (AvgIpc) is 3.58. The zero-order valence-electron chi connectivity index (χ0n) is 16.0. The smallest absolute Gasteiger partial charge is 0.260 e. The number of amides is 2. The van der Waals surface area contributed by atoms with Crippen LogP contribution in [0.5, 0.6) is 5.75 Å². The molecule has 2 aliphatic rings. The van der Waals surface area contributed by atoms with Crippen molar-refractivity contribution in [3.63, 3.8) is 0 Å². The normalized spacial score (nSPS) is 18.9. The van der Waals surface area contributed by atoms with Crippen molar-refractivity contribution in [1.82, 2.24) is 4.90 Å². The van der Waals surface area contributed by atoms with Gasteiger partial charge in [-0.25, -0.2) is 0 Å². The Morgan fingerprint density at radius 1 is 1.17 bits per heavy atom. The highest BCUT2D eigenvalue weighted by Crippen LogP contribution is 2.30. The maximum absolute atomic E-state index is 12.6. The number of halogens is 1. The van der Waals surface area contributed by atoms with Gasteiger partial charge < -0.3 is 19.7 Å². The van der Waals surface area contributed by atoms with E-state index in [0.717, 1.165) is 18.4 Å². The van der Waals surface area contributed by atoms with Gasteiger partial charge in [0.05, 0.1) is 13.2 Å². The van der Waals surface area contributed by atoms with Crippen LogP contribution in [0, 0.1) is 5.92 Å². The van der Waals surface area contributed by atoms with Crippen LogP contribution < -0.4 is 10.1 Å². The van der Waals surface area contributed by atoms with Crippen molar-refractivity contribution >= 4 is 29.1 Å². The minimum atomic E-state index is -0.175. The van der Waals surface area contributed by atoms with Crippen LogP contribution in [0.3, 0.4) is 0 Å². The van der Waals surface area contributed by atoms with Gasteiger partial charge in [0.2, 0.25) is 5.91 Å². The molecule has 1 saturated heterocycles. The molecule has 7 heteroatoms. The quantitative estimate of drug-likeness (QED) is 0.783. The van der Waals surface area contributed by atoms with E-state index in [-0.39, 0.29) is 30.4 Å². The van der Waals surface area contributed by atoms with Gasteiger partial charge in [-0.1, -0.05) is 29.8 Å². The second-order valence-electron chi connectivity index (χ2n) is 7.33. The average molecular weight is 415 g/mol. The molecule has 2 aromatic carbocycles. The Hall–Kier alpha value is -2.57. The summed E-state index contributed by atoms with van der Waals surface area (Å²) < 4.78 is 11.5. The summed E-state index contributed by atoms with van der Waals surface area (Å²) in [4.78, 5) is 26.3. The van der Waals surface area contributed by atoms with Gasteiger partial charge >= 0.3 is 0 Å². The third-order valence-electron chi connectivity index (χ3n) is 5.07. The Morgan fingerprint density at radius 3 is 2.72 bits per heavy atom. The van der Waals surface area contributed by atoms with Gasteiger partial charge in [0.25, 0.3) is 5.91 Å². The molecule has 29 heavy (non-hydrogen) atoms. The van der Waals surface area contributed by atoms with Crippen molar-refractivity contribution in [2.75, 3.05) is 31.6 Å². The van der Waals surface area contributed by atoms with Crippen molar-refractivity contribution in [3.05, 3.63) is 59.1 Å². The molecule has 1 aliphatic heterocycles. The fraction of sp³-hybridized carbons (Fsp3) is 0.364. The van der Waals surface area contributed by atoms with Crippen LogP contribution >= 0.6 is 11.6 Å². The Balaban J connectivity index is 1.31. The molecule has 1 heterocycles. The highest BCUT2D eigenvalue weighted by atomic mass is 35.5. The fourth-order valence-electron chi connectivity index (χ4n) is 3.24. The van der Waals surface area contributed by atoms with Gasteiger partial charge in [0.1, 0.15) is 11.9 Å². The number of rotatable bonds is 6. The number of hydrogen-bond donors (Lipinski definition) is 1. The number of carbonyl (C=O) groups is 2. The second kappa shape index (κ2) is 8.84. The molecule has 0 bridgehead atoms. The third-order valence-corrected chi connectivity index (χ3v) is 5.32. The summed E-state index contributed by atoms with van der Waals surface area (Å²) in [6.45, 7) is 1.42. The summed E-state index contributed by atoms with van der Waals surface area (Å²) in [5, 5.41) is 3.55. The Morgan fingerprint density at radius 2 is 1.97 bits per heavy atom. The first kappa shape index (κ1) is 19.7. The minimum Gasteiger partial charge on any atom is -0.484 e. The van der Waals surface area contributed by atoms with Gasteiger partial charge in [-0.05, 0) is 42.7 Å². The summed E-state index contributed by atoms with van der Waals surface area (Å²) in [6, 6.07) is 14.6. The monoisotopic (exact) mass is 414 g/mol. The number of anilines is 1. The molecule has 4 rings (SSSR count). The lowest BCUT2D eigenvalue weighted by Gasteiger charge is -2.33. The van der Waals surface area contributed by atoms with E-state index in [1.807, 2.05) is 30.3 Å². The van der Waals surface area contributed by atoms with Crippen molar-refractivity contribution in [3.8, 4) is 5.75 Å². The van der Waals surface area contributed by atoms with Gasteiger partial charge in [-0.3, -0.25) is 9.59 Å². The fourth-order valence-corrected chi connectivity index (χ4v) is 3.37. The summed E-state index contributed by atoms with van der Waals surface area (Å²) in [5.74, 6) is 0.630. The highest BCUT2D eigenvalue weighted by molar-refractivity contribution is 6.30. The van der Waals surface area contributed by atoms with Gasteiger partial charge in [-0.15, -0.1) is 0 Å². The number of morpholine rings is 1. The van der Waals surface area contributed by atoms with E-state index in [0.29, 0.717) is 36.2 Å². The van der Waals surface area contributed by atoms with Crippen LogP contribution in [0.4, 0.5) is 5.69 Å². The predicted molar refractivity (Wildman–Crippen MR) is 110 cm³/mol. The lowest BCUT2D eigenvalue weighted by atomic mass is 10.1. The van der Waals surface area contributed by atoms with Gasteiger partial charge in [0, 0.05) is 29.2 Å². The van der Waals surface area contributed by atoms with E-state index in [4.69, 9.17) is 21.1 Å². The van der Waals surface area contributed by atoms with Crippen LogP contribution in [0.25, 0.3) is 0 Å². The zero-order valence-corrected chi connectivity index (χ0v) is 16.7. The molecular formula is C22H23ClN2O4. The Labute approximate surface area is 174 Å². The van der Waals surface area contributed by atoms with E-state index in [2.05, 4.69) is 5.32 Å². The van der Waals surface area contributed by atoms with E-state index in [1.165, 1.54) is 0 Å². The van der Waals surface area contributed by atoms with Crippen LogP contribution in [0.1, 0.15) is 24.5 Å². The van der Waals surface area contributed by atoms with Crippen LogP contribution in [0.15, 0.2) is 48.5 Å². The second-order valence-corrected chi connectivity index (χ2v) is 7.77. The van der Waals surface area contributed by atoms with Crippen LogP contribution in [-0.2, 0) is 14.3 Å². The number of hydrogen-bond acceptors (Lipinski definition) is 4. The largest absolute Gasteiger partial charge is 0.484 e. The molecule has 1 unspecified atom stereocenters. The summed E-state index contributed by atoms with van der Waals surface area (Å²) in [7, 11) is 0. The molecule has 2 fully saturated rings. The van der Waals surface area contributed by atoms with Crippen LogP contribution in [0.2, 0.25) is 5.02 Å².